The van der Waals surface area contributed by atoms with Crippen LogP contribution in [0.5, 0.6) is 5.75 Å². The molecule has 1 aliphatic rings. The molecule has 2 amide bonds. The zero-order chi connectivity index (χ0) is 18.4. The number of aromatic hydroxyl groups is 1. The van der Waals surface area contributed by atoms with E-state index in [4.69, 9.17) is 0 Å². The van der Waals surface area contributed by atoms with Crippen LogP contribution in [0.3, 0.4) is 0 Å². The number of hydrogen-bond donors (Lipinski definition) is 1. The molecule has 4 rings (SSSR count). The molecule has 26 heavy (non-hydrogen) atoms. The summed E-state index contributed by atoms with van der Waals surface area (Å²) in [6.45, 7) is 0. The first-order valence-electron chi connectivity index (χ1n) is 7.60. The van der Waals surface area contributed by atoms with E-state index in [2.05, 4.69) is 37.0 Å². The zero-order valence-electron chi connectivity index (χ0n) is 13.1. The summed E-state index contributed by atoms with van der Waals surface area (Å²) in [7, 11) is 0. The average molecular weight is 474 g/mol. The van der Waals surface area contributed by atoms with Gasteiger partial charge in [0.25, 0.3) is 11.8 Å². The second-order valence-electron chi connectivity index (χ2n) is 5.70. The number of benzene rings is 3. The Bertz CT molecular complexity index is 1050. The van der Waals surface area contributed by atoms with Crippen LogP contribution < -0.4 is 0 Å². The minimum absolute atomic E-state index is 0.0330. The van der Waals surface area contributed by atoms with Crippen molar-refractivity contribution >= 4 is 60.7 Å². The number of phenols is 1. The topological polar surface area (TPSA) is 70.0 Å². The number of halogens is 2. The van der Waals surface area contributed by atoms with Crippen molar-refractivity contribution in [1.82, 2.24) is 5.01 Å². The molecule has 0 radical (unpaired) electrons. The van der Waals surface area contributed by atoms with Gasteiger partial charge in [0.15, 0.2) is 0 Å². The molecule has 1 heterocycles. The molecular weight excluding hydrogens is 464 g/mol. The van der Waals surface area contributed by atoms with E-state index < -0.39 is 11.8 Å². The molecule has 1 aliphatic heterocycles. The Morgan fingerprint density at radius 3 is 2.15 bits per heavy atom. The fourth-order valence-corrected chi connectivity index (χ4v) is 4.24. The van der Waals surface area contributed by atoms with Crippen molar-refractivity contribution in [3.63, 3.8) is 0 Å². The number of carbonyl (C=O) groups is 2. The minimum Gasteiger partial charge on any atom is -0.507 e. The van der Waals surface area contributed by atoms with Crippen molar-refractivity contribution < 1.29 is 14.7 Å². The predicted octanol–water partition coefficient (Wildman–Crippen LogP) is 4.70. The van der Waals surface area contributed by atoms with Gasteiger partial charge in [-0.25, -0.2) is 0 Å². The Hall–Kier alpha value is -2.51. The van der Waals surface area contributed by atoms with Gasteiger partial charge in [0.05, 0.1) is 22.9 Å². The molecule has 0 atom stereocenters. The summed E-state index contributed by atoms with van der Waals surface area (Å²) < 4.78 is 1.26. The summed E-state index contributed by atoms with van der Waals surface area (Å²) in [5, 5.41) is 16.4. The van der Waals surface area contributed by atoms with Crippen LogP contribution in [0.1, 0.15) is 26.3 Å². The van der Waals surface area contributed by atoms with Crippen LogP contribution in [-0.2, 0) is 0 Å². The lowest BCUT2D eigenvalue weighted by molar-refractivity contribution is 0.0616. The van der Waals surface area contributed by atoms with Gasteiger partial charge in [0, 0.05) is 14.3 Å². The molecule has 0 aromatic heterocycles. The van der Waals surface area contributed by atoms with Crippen LogP contribution in [0.2, 0.25) is 0 Å². The van der Waals surface area contributed by atoms with Crippen molar-refractivity contribution in [2.24, 2.45) is 5.10 Å². The molecule has 0 spiro atoms. The summed E-state index contributed by atoms with van der Waals surface area (Å²) in [5.41, 5.74) is 1.22. The van der Waals surface area contributed by atoms with Gasteiger partial charge in [-0.15, -0.1) is 0 Å². The quantitative estimate of drug-likeness (QED) is 0.433. The first-order chi connectivity index (χ1) is 12.5. The summed E-state index contributed by atoms with van der Waals surface area (Å²) >= 11 is 6.61. The van der Waals surface area contributed by atoms with Crippen LogP contribution in [0.15, 0.2) is 62.6 Å². The van der Waals surface area contributed by atoms with Crippen LogP contribution in [-0.4, -0.2) is 28.1 Å². The van der Waals surface area contributed by atoms with Gasteiger partial charge < -0.3 is 5.11 Å². The maximum absolute atomic E-state index is 12.8. The standard InChI is InChI=1S/C19H10Br2N2O3/c20-11-7-15(21)14(16(24)8-11)9-22-23-18(25)12-5-1-3-10-4-2-6-13(17(10)12)19(23)26/h1-9,24H. The molecule has 3 aromatic rings. The Morgan fingerprint density at radius 2 is 1.58 bits per heavy atom. The highest BCUT2D eigenvalue weighted by molar-refractivity contribution is 9.11. The van der Waals surface area contributed by atoms with Crippen molar-refractivity contribution in [3.05, 3.63) is 74.2 Å². The van der Waals surface area contributed by atoms with Crippen molar-refractivity contribution in [2.75, 3.05) is 0 Å². The van der Waals surface area contributed by atoms with Gasteiger partial charge in [0.2, 0.25) is 0 Å². The summed E-state index contributed by atoms with van der Waals surface area (Å²) in [5.74, 6) is -1.03. The Labute approximate surface area is 165 Å². The molecule has 0 aliphatic carbocycles. The number of nitrogens with zero attached hydrogens (tertiary/aromatic N) is 2. The molecule has 5 nitrogen and oxygen atoms in total. The monoisotopic (exact) mass is 472 g/mol. The molecule has 1 N–H and O–H groups in total. The van der Waals surface area contributed by atoms with E-state index in [1.54, 1.807) is 30.3 Å². The van der Waals surface area contributed by atoms with Gasteiger partial charge in [-0.1, -0.05) is 40.2 Å². The Morgan fingerprint density at radius 1 is 0.962 bits per heavy atom. The predicted molar refractivity (Wildman–Crippen MR) is 106 cm³/mol. The maximum atomic E-state index is 12.8. The van der Waals surface area contributed by atoms with Gasteiger partial charge in [0.1, 0.15) is 5.75 Å². The van der Waals surface area contributed by atoms with E-state index in [0.717, 1.165) is 10.4 Å². The summed E-state index contributed by atoms with van der Waals surface area (Å²) in [6.07, 6.45) is 1.29. The molecule has 0 saturated carbocycles. The van der Waals surface area contributed by atoms with Crippen LogP contribution in [0.4, 0.5) is 0 Å². The van der Waals surface area contributed by atoms with Crippen LogP contribution in [0, 0.1) is 0 Å². The zero-order valence-corrected chi connectivity index (χ0v) is 16.3. The fourth-order valence-electron chi connectivity index (χ4n) is 2.94. The SMILES string of the molecule is O=C1c2cccc3cccc(c23)C(=O)N1N=Cc1c(O)cc(Br)cc1Br. The molecule has 0 fully saturated rings. The van der Waals surface area contributed by atoms with E-state index in [9.17, 15) is 14.7 Å². The first kappa shape index (κ1) is 16.9. The van der Waals surface area contributed by atoms with E-state index in [-0.39, 0.29) is 5.75 Å². The Balaban J connectivity index is 1.80. The third-order valence-electron chi connectivity index (χ3n) is 4.13. The molecule has 128 valence electrons. The molecule has 0 saturated heterocycles. The van der Waals surface area contributed by atoms with E-state index >= 15 is 0 Å². The lowest BCUT2D eigenvalue weighted by atomic mass is 9.95. The maximum Gasteiger partial charge on any atom is 0.282 e. The number of amides is 2. The smallest absolute Gasteiger partial charge is 0.282 e. The van der Waals surface area contributed by atoms with Crippen molar-refractivity contribution in [3.8, 4) is 5.75 Å². The average Bonchev–Trinajstić information content (AvgIpc) is 2.61. The number of hydrogen-bond acceptors (Lipinski definition) is 4. The second-order valence-corrected chi connectivity index (χ2v) is 7.47. The summed E-state index contributed by atoms with van der Waals surface area (Å²) in [4.78, 5) is 25.5. The number of hydrazone groups is 1. The largest absolute Gasteiger partial charge is 0.507 e. The molecular formula is C19H10Br2N2O3. The summed E-state index contributed by atoms with van der Waals surface area (Å²) in [6, 6.07) is 13.9. The third kappa shape index (κ3) is 2.64. The van der Waals surface area contributed by atoms with E-state index in [0.29, 0.717) is 31.0 Å². The second kappa shape index (κ2) is 6.34. The van der Waals surface area contributed by atoms with Crippen LogP contribution >= 0.6 is 31.9 Å². The number of phenolic OH excluding ortho intramolecular Hbond substituents is 1. The number of carbonyl (C=O) groups excluding carboxylic acids is 2. The van der Waals surface area contributed by atoms with E-state index in [1.165, 1.54) is 12.3 Å². The lowest BCUT2D eigenvalue weighted by Gasteiger charge is -2.23. The van der Waals surface area contributed by atoms with Gasteiger partial charge in [-0.2, -0.15) is 10.1 Å². The van der Waals surface area contributed by atoms with Crippen molar-refractivity contribution in [2.45, 2.75) is 0 Å². The molecule has 7 heteroatoms. The molecule has 3 aromatic carbocycles. The Kier molecular flexibility index (Phi) is 4.13. The highest BCUT2D eigenvalue weighted by Crippen LogP contribution is 2.31. The molecule has 0 unspecified atom stereocenters. The van der Waals surface area contributed by atoms with Gasteiger partial charge in [-0.05, 0) is 45.6 Å². The van der Waals surface area contributed by atoms with Crippen molar-refractivity contribution in [1.29, 1.82) is 0 Å². The van der Waals surface area contributed by atoms with Gasteiger partial charge >= 0.3 is 0 Å². The van der Waals surface area contributed by atoms with E-state index in [1.807, 2.05) is 12.1 Å². The third-order valence-corrected chi connectivity index (χ3v) is 5.24. The highest BCUT2D eigenvalue weighted by Gasteiger charge is 2.32. The normalized spacial score (nSPS) is 13.8. The number of rotatable bonds is 2. The first-order valence-corrected chi connectivity index (χ1v) is 9.18. The fraction of sp³-hybridized carbons (Fsp3) is 0. The number of imide groups is 1. The lowest BCUT2D eigenvalue weighted by Crippen LogP contribution is -2.36. The minimum atomic E-state index is -0.497. The van der Waals surface area contributed by atoms with Gasteiger partial charge in [-0.3, -0.25) is 9.59 Å². The van der Waals surface area contributed by atoms with Crippen LogP contribution in [0.25, 0.3) is 10.8 Å². The highest BCUT2D eigenvalue weighted by atomic mass is 79.9. The molecule has 0 bridgehead atoms.